The van der Waals surface area contributed by atoms with E-state index in [4.69, 9.17) is 13.3 Å². The molecule has 2 aromatic carbocycles. The van der Waals surface area contributed by atoms with E-state index < -0.39 is 26.7 Å². The molecule has 0 aliphatic rings. The first-order chi connectivity index (χ1) is 18.6. The topological polar surface area (TPSA) is 99.1 Å². The van der Waals surface area contributed by atoms with Crippen molar-refractivity contribution in [2.75, 3.05) is 0 Å². The Balaban J connectivity index is 2.04. The molecule has 0 spiro atoms. The predicted molar refractivity (Wildman–Crippen MR) is 154 cm³/mol. The number of unbranched alkanes of at least 4 members (excludes halogenated alkanes) is 7. The summed E-state index contributed by atoms with van der Waals surface area (Å²) in [7, 11) is -3.90. The van der Waals surface area contributed by atoms with Crippen LogP contribution >= 0.6 is 0 Å². The van der Waals surface area contributed by atoms with E-state index in [1.807, 2.05) is 6.07 Å². The van der Waals surface area contributed by atoms with Crippen molar-refractivity contribution in [2.45, 2.75) is 104 Å². The van der Waals surface area contributed by atoms with E-state index in [1.54, 1.807) is 12.1 Å². The molecule has 0 unspecified atom stereocenters. The van der Waals surface area contributed by atoms with Crippen LogP contribution < -0.4 is 0 Å². The highest BCUT2D eigenvalue weighted by Crippen LogP contribution is 2.30. The van der Waals surface area contributed by atoms with Crippen LogP contribution in [0.25, 0.3) is 11.1 Å². The summed E-state index contributed by atoms with van der Waals surface area (Å²) < 4.78 is 15.8. The molecular weight excluding hydrogens is 512 g/mol. The van der Waals surface area contributed by atoms with Gasteiger partial charge >= 0.3 is 8.80 Å². The smallest absolute Gasteiger partial charge is 0.508 e. The van der Waals surface area contributed by atoms with E-state index in [-0.39, 0.29) is 11.8 Å². The summed E-state index contributed by atoms with van der Waals surface area (Å²) in [6, 6.07) is 13.8. The lowest BCUT2D eigenvalue weighted by molar-refractivity contribution is -0.147. The number of aryl methyl sites for hydroxylation is 2. The van der Waals surface area contributed by atoms with E-state index in [0.29, 0.717) is 12.8 Å². The average Bonchev–Trinajstić information content (AvgIpc) is 2.85. The Bertz CT molecular complexity index is 1020. The molecular formula is C31H44O7Si. The van der Waals surface area contributed by atoms with Crippen LogP contribution in [0.2, 0.25) is 6.04 Å². The highest BCUT2D eigenvalue weighted by molar-refractivity contribution is 6.65. The van der Waals surface area contributed by atoms with Crippen LogP contribution in [-0.2, 0) is 40.5 Å². The molecule has 0 bridgehead atoms. The maximum absolute atomic E-state index is 11.7. The van der Waals surface area contributed by atoms with Crippen molar-refractivity contribution >= 4 is 26.7 Å². The first-order valence-electron chi connectivity index (χ1n) is 14.1. The van der Waals surface area contributed by atoms with Crippen molar-refractivity contribution in [3.63, 3.8) is 0 Å². The van der Waals surface area contributed by atoms with Gasteiger partial charge in [-0.3, -0.25) is 14.4 Å². The highest BCUT2D eigenvalue weighted by Gasteiger charge is 2.51. The quantitative estimate of drug-likeness (QED) is 0.161. The Hall–Kier alpha value is -3.13. The van der Waals surface area contributed by atoms with E-state index >= 15 is 0 Å². The zero-order valence-electron chi connectivity index (χ0n) is 23.9. The second kappa shape index (κ2) is 16.7. The van der Waals surface area contributed by atoms with Crippen LogP contribution in [0.1, 0.15) is 96.6 Å². The van der Waals surface area contributed by atoms with Gasteiger partial charge in [0.1, 0.15) is 5.75 Å². The van der Waals surface area contributed by atoms with Gasteiger partial charge < -0.3 is 18.4 Å². The van der Waals surface area contributed by atoms with Gasteiger partial charge in [-0.2, -0.15) is 0 Å². The molecule has 0 heterocycles. The van der Waals surface area contributed by atoms with Crippen molar-refractivity contribution in [2.24, 2.45) is 0 Å². The summed E-state index contributed by atoms with van der Waals surface area (Å²) in [6.07, 6.45) is 12.4. The maximum Gasteiger partial charge on any atom is 0.705 e. The molecule has 1 N–H and O–H groups in total. The zero-order chi connectivity index (χ0) is 28.7. The Morgan fingerprint density at radius 2 is 1.23 bits per heavy atom. The molecule has 0 fully saturated rings. The maximum atomic E-state index is 11.7. The normalized spacial score (nSPS) is 11.2. The molecule has 8 heteroatoms. The number of hydrogen-bond acceptors (Lipinski definition) is 7. The number of rotatable bonds is 17. The van der Waals surface area contributed by atoms with Crippen molar-refractivity contribution in [1.82, 2.24) is 0 Å². The lowest BCUT2D eigenvalue weighted by atomic mass is 9.95. The number of phenolic OH excluding ortho intramolecular Hbond substituents is 1. The predicted octanol–water partition coefficient (Wildman–Crippen LogP) is 7.30. The second-order valence-electron chi connectivity index (χ2n) is 10.1. The van der Waals surface area contributed by atoms with Crippen LogP contribution in [0.3, 0.4) is 0 Å². The summed E-state index contributed by atoms with van der Waals surface area (Å²) in [5, 5.41) is 10.1. The lowest BCUT2D eigenvalue weighted by Gasteiger charge is -2.26. The van der Waals surface area contributed by atoms with Gasteiger partial charge in [0.2, 0.25) is 0 Å². The molecule has 0 aromatic heterocycles. The average molecular weight is 557 g/mol. The molecule has 7 nitrogen and oxygen atoms in total. The standard InChI is InChI=1S/C31H44O7Si/c1-5-6-7-8-9-10-11-12-14-27-16-18-28(19-17-27)31-21-20-30(35)23-29(31)15-13-22-39(36-24(2)32,37-25(3)33)38-26(4)34/h16-21,23,35H,5-15,22H2,1-4H3. The fourth-order valence-corrected chi connectivity index (χ4v) is 7.11. The Morgan fingerprint density at radius 1 is 0.692 bits per heavy atom. The van der Waals surface area contributed by atoms with E-state index in [0.717, 1.165) is 23.1 Å². The molecule has 0 saturated heterocycles. The van der Waals surface area contributed by atoms with Crippen molar-refractivity contribution < 1.29 is 32.8 Å². The van der Waals surface area contributed by atoms with E-state index in [9.17, 15) is 19.5 Å². The van der Waals surface area contributed by atoms with Gasteiger partial charge in [-0.1, -0.05) is 82.2 Å². The monoisotopic (exact) mass is 556 g/mol. The number of carbonyl (C=O) groups is 3. The summed E-state index contributed by atoms with van der Waals surface area (Å²) in [4.78, 5) is 35.1. The van der Waals surface area contributed by atoms with Crippen LogP contribution in [0.5, 0.6) is 5.75 Å². The number of phenols is 1. The van der Waals surface area contributed by atoms with Crippen molar-refractivity contribution in [3.8, 4) is 16.9 Å². The van der Waals surface area contributed by atoms with Gasteiger partial charge in [0.25, 0.3) is 17.9 Å². The van der Waals surface area contributed by atoms with Gasteiger partial charge in [0, 0.05) is 20.8 Å². The molecule has 0 aliphatic carbocycles. The summed E-state index contributed by atoms with van der Waals surface area (Å²) >= 11 is 0. The number of benzene rings is 2. The molecule has 214 valence electrons. The third-order valence-corrected chi connectivity index (χ3v) is 9.26. The number of carbonyl (C=O) groups excluding carboxylic acids is 3. The Morgan fingerprint density at radius 3 is 1.77 bits per heavy atom. The fourth-order valence-electron chi connectivity index (χ4n) is 4.75. The van der Waals surface area contributed by atoms with Gasteiger partial charge in [0.05, 0.1) is 6.04 Å². The SMILES string of the molecule is CCCCCCCCCCc1ccc(-c2ccc(O)cc2CCC[Si](OC(C)=O)(OC(C)=O)OC(C)=O)cc1. The molecule has 0 amide bonds. The molecule has 0 saturated carbocycles. The first-order valence-corrected chi connectivity index (χ1v) is 16.1. The van der Waals surface area contributed by atoms with E-state index in [1.165, 1.54) is 77.7 Å². The number of hydrogen-bond donors (Lipinski definition) is 1. The summed E-state index contributed by atoms with van der Waals surface area (Å²) in [5.74, 6) is -1.92. The molecule has 0 radical (unpaired) electrons. The summed E-state index contributed by atoms with van der Waals surface area (Å²) in [5.41, 5.74) is 4.21. The van der Waals surface area contributed by atoms with Gasteiger partial charge in [0.15, 0.2) is 0 Å². The molecule has 2 aromatic rings. The third kappa shape index (κ3) is 12.1. The van der Waals surface area contributed by atoms with Gasteiger partial charge in [-0.25, -0.2) is 0 Å². The molecule has 39 heavy (non-hydrogen) atoms. The molecule has 0 aliphatic heterocycles. The lowest BCUT2D eigenvalue weighted by Crippen LogP contribution is -2.49. The van der Waals surface area contributed by atoms with E-state index in [2.05, 4.69) is 31.2 Å². The van der Waals surface area contributed by atoms with Gasteiger partial charge in [-0.15, -0.1) is 0 Å². The number of aromatic hydroxyl groups is 1. The van der Waals surface area contributed by atoms with Crippen LogP contribution in [0.15, 0.2) is 42.5 Å². The second-order valence-corrected chi connectivity index (χ2v) is 12.6. The highest BCUT2D eigenvalue weighted by atomic mass is 28.4. The zero-order valence-corrected chi connectivity index (χ0v) is 24.9. The van der Waals surface area contributed by atoms with Gasteiger partial charge in [-0.05, 0) is 60.1 Å². The molecule has 0 atom stereocenters. The minimum Gasteiger partial charge on any atom is -0.508 e. The van der Waals surface area contributed by atoms with Crippen LogP contribution in [0, 0.1) is 0 Å². The Kier molecular flexibility index (Phi) is 13.8. The van der Waals surface area contributed by atoms with Crippen molar-refractivity contribution in [3.05, 3.63) is 53.6 Å². The fraction of sp³-hybridized carbons (Fsp3) is 0.516. The largest absolute Gasteiger partial charge is 0.705 e. The van der Waals surface area contributed by atoms with Crippen LogP contribution in [0.4, 0.5) is 0 Å². The first kappa shape index (κ1) is 32.1. The third-order valence-electron chi connectivity index (χ3n) is 6.50. The van der Waals surface area contributed by atoms with Crippen molar-refractivity contribution in [1.29, 1.82) is 0 Å². The Labute approximate surface area is 234 Å². The summed E-state index contributed by atoms with van der Waals surface area (Å²) in [6.45, 7) is 5.79. The van der Waals surface area contributed by atoms with Crippen LogP contribution in [-0.4, -0.2) is 31.8 Å². The minimum absolute atomic E-state index is 0.0817. The molecule has 2 rings (SSSR count). The minimum atomic E-state index is -3.90.